The van der Waals surface area contributed by atoms with E-state index in [0.29, 0.717) is 22.1 Å². The first kappa shape index (κ1) is 24.3. The van der Waals surface area contributed by atoms with Gasteiger partial charge in [-0.15, -0.1) is 0 Å². The Morgan fingerprint density at radius 2 is 1.71 bits per heavy atom. The molecule has 1 saturated heterocycles. The Balaban J connectivity index is 1.64. The van der Waals surface area contributed by atoms with Crippen molar-refractivity contribution in [3.8, 4) is 11.5 Å². The van der Waals surface area contributed by atoms with Crippen molar-refractivity contribution in [3.63, 3.8) is 0 Å². The molecule has 0 aromatic heterocycles. The van der Waals surface area contributed by atoms with Gasteiger partial charge in [0, 0.05) is 5.02 Å². The van der Waals surface area contributed by atoms with Gasteiger partial charge < -0.3 is 9.47 Å². The Kier molecular flexibility index (Phi) is 7.10. The number of hydrogen-bond donors (Lipinski definition) is 1. The highest BCUT2D eigenvalue weighted by Crippen LogP contribution is 2.38. The molecule has 0 saturated carbocycles. The van der Waals surface area contributed by atoms with Crippen LogP contribution in [0.1, 0.15) is 16.7 Å². The molecule has 0 spiro atoms. The molecular weight excluding hydrogens is 491 g/mol. The van der Waals surface area contributed by atoms with E-state index in [1.165, 1.54) is 37.5 Å². The number of aryl methyl sites for hydroxylation is 1. The van der Waals surface area contributed by atoms with Gasteiger partial charge in [-0.1, -0.05) is 47.5 Å². The van der Waals surface area contributed by atoms with E-state index in [0.717, 1.165) is 16.0 Å². The zero-order chi connectivity index (χ0) is 25.1. The largest absolute Gasteiger partial charge is 0.493 e. The van der Waals surface area contributed by atoms with E-state index in [2.05, 4.69) is 5.32 Å². The van der Waals surface area contributed by atoms with Crippen molar-refractivity contribution in [2.45, 2.75) is 13.5 Å². The molecule has 0 aliphatic carbocycles. The normalized spacial score (nSPS) is 14.8. The van der Waals surface area contributed by atoms with Crippen molar-refractivity contribution < 1.29 is 23.9 Å². The summed E-state index contributed by atoms with van der Waals surface area (Å²) in [6.45, 7) is 2.26. The lowest BCUT2D eigenvalue weighted by Crippen LogP contribution is -2.54. The lowest BCUT2D eigenvalue weighted by atomic mass is 10.1. The van der Waals surface area contributed by atoms with Crippen LogP contribution in [0.25, 0.3) is 6.08 Å². The summed E-state index contributed by atoms with van der Waals surface area (Å²) in [5, 5.41) is 2.86. The third kappa shape index (κ3) is 5.16. The van der Waals surface area contributed by atoms with Crippen LogP contribution in [-0.2, 0) is 16.2 Å². The fraction of sp³-hybridized carbons (Fsp3) is 0.115. The molecule has 178 valence electrons. The summed E-state index contributed by atoms with van der Waals surface area (Å²) in [4.78, 5) is 38.8. The van der Waals surface area contributed by atoms with Crippen molar-refractivity contribution in [1.29, 1.82) is 0 Å². The highest BCUT2D eigenvalue weighted by atomic mass is 35.5. The van der Waals surface area contributed by atoms with Crippen LogP contribution in [0.15, 0.2) is 66.2 Å². The molecule has 3 aromatic carbocycles. The third-order valence-electron chi connectivity index (χ3n) is 5.38. The number of ether oxygens (including phenoxy) is 2. The number of urea groups is 1. The molecule has 1 heterocycles. The molecule has 4 amide bonds. The molecule has 1 aliphatic rings. The molecule has 7 nitrogen and oxygen atoms in total. The van der Waals surface area contributed by atoms with Crippen LogP contribution < -0.4 is 19.7 Å². The number of halogens is 2. The number of rotatable bonds is 6. The van der Waals surface area contributed by atoms with Gasteiger partial charge in [0.15, 0.2) is 11.5 Å². The Morgan fingerprint density at radius 1 is 1.00 bits per heavy atom. The number of imide groups is 2. The van der Waals surface area contributed by atoms with Crippen LogP contribution in [0.5, 0.6) is 11.5 Å². The first-order valence-corrected chi connectivity index (χ1v) is 11.3. The number of carbonyl (C=O) groups excluding carboxylic acids is 3. The van der Waals surface area contributed by atoms with Gasteiger partial charge in [-0.3, -0.25) is 14.9 Å². The number of nitrogens with one attached hydrogen (secondary N) is 1. The maximum absolute atomic E-state index is 13.1. The predicted octanol–water partition coefficient (Wildman–Crippen LogP) is 5.56. The molecule has 0 bridgehead atoms. The van der Waals surface area contributed by atoms with E-state index < -0.39 is 17.8 Å². The lowest BCUT2D eigenvalue weighted by molar-refractivity contribution is -0.122. The minimum absolute atomic E-state index is 0.235. The first-order valence-electron chi connectivity index (χ1n) is 10.5. The fourth-order valence-electron chi connectivity index (χ4n) is 3.53. The van der Waals surface area contributed by atoms with E-state index >= 15 is 0 Å². The summed E-state index contributed by atoms with van der Waals surface area (Å²) in [6.07, 6.45) is 1.34. The van der Waals surface area contributed by atoms with Crippen LogP contribution >= 0.6 is 23.2 Å². The van der Waals surface area contributed by atoms with Gasteiger partial charge in [-0.25, -0.2) is 9.69 Å². The first-order chi connectivity index (χ1) is 16.8. The van der Waals surface area contributed by atoms with Gasteiger partial charge >= 0.3 is 6.03 Å². The van der Waals surface area contributed by atoms with Gasteiger partial charge in [0.05, 0.1) is 17.8 Å². The number of anilines is 1. The summed E-state index contributed by atoms with van der Waals surface area (Å²) < 4.78 is 11.4. The summed E-state index contributed by atoms with van der Waals surface area (Å²) in [7, 11) is 1.46. The van der Waals surface area contributed by atoms with E-state index in [-0.39, 0.29) is 22.9 Å². The van der Waals surface area contributed by atoms with Crippen LogP contribution in [-0.4, -0.2) is 25.0 Å². The number of hydrogen-bond acceptors (Lipinski definition) is 5. The molecule has 3 aromatic rings. The monoisotopic (exact) mass is 510 g/mol. The van der Waals surface area contributed by atoms with Crippen LogP contribution in [0.4, 0.5) is 10.5 Å². The van der Waals surface area contributed by atoms with Crippen LogP contribution in [0.2, 0.25) is 10.0 Å². The minimum Gasteiger partial charge on any atom is -0.493 e. The highest BCUT2D eigenvalue weighted by Gasteiger charge is 2.36. The molecule has 0 atom stereocenters. The van der Waals surface area contributed by atoms with E-state index in [4.69, 9.17) is 32.7 Å². The molecule has 0 radical (unpaired) electrons. The zero-order valence-electron chi connectivity index (χ0n) is 18.8. The lowest BCUT2D eigenvalue weighted by Gasteiger charge is -2.26. The SMILES string of the molecule is COc1cc(/C=C2/C(=O)NC(=O)N(c3ccc(Cl)cc3)C2=O)cc(Cl)c1OCc1ccccc1C. The average Bonchev–Trinajstić information content (AvgIpc) is 2.83. The molecule has 0 unspecified atom stereocenters. The topological polar surface area (TPSA) is 84.9 Å². The fourth-order valence-corrected chi connectivity index (χ4v) is 3.93. The van der Waals surface area contributed by atoms with Gasteiger partial charge in [0.1, 0.15) is 12.2 Å². The average molecular weight is 511 g/mol. The summed E-state index contributed by atoms with van der Waals surface area (Å²) in [5.41, 5.74) is 2.51. The second kappa shape index (κ2) is 10.2. The van der Waals surface area contributed by atoms with Crippen molar-refractivity contribution in [1.82, 2.24) is 5.32 Å². The summed E-state index contributed by atoms with van der Waals surface area (Å²) >= 11 is 12.4. The molecule has 35 heavy (non-hydrogen) atoms. The summed E-state index contributed by atoms with van der Waals surface area (Å²) in [5.74, 6) is -0.944. The van der Waals surface area contributed by atoms with Crippen molar-refractivity contribution in [2.75, 3.05) is 12.0 Å². The molecule has 1 fully saturated rings. The van der Waals surface area contributed by atoms with Gasteiger partial charge in [0.2, 0.25) is 0 Å². The van der Waals surface area contributed by atoms with Crippen molar-refractivity contribution in [3.05, 3.63) is 93.0 Å². The standard InChI is InChI=1S/C26H20Cl2N2O5/c1-15-5-3-4-6-17(15)14-35-23-21(28)12-16(13-22(23)34-2)11-20-24(31)29-26(33)30(25(20)32)19-9-7-18(27)8-10-19/h3-13H,14H2,1-2H3,(H,29,31,33)/b20-11-. The maximum Gasteiger partial charge on any atom is 0.335 e. The van der Waals surface area contributed by atoms with Crippen LogP contribution in [0.3, 0.4) is 0 Å². The van der Waals surface area contributed by atoms with E-state index in [1.807, 2.05) is 31.2 Å². The van der Waals surface area contributed by atoms with E-state index in [1.54, 1.807) is 12.1 Å². The Hall–Kier alpha value is -3.81. The molecule has 9 heteroatoms. The third-order valence-corrected chi connectivity index (χ3v) is 5.92. The molecule has 4 rings (SSSR count). The van der Waals surface area contributed by atoms with Crippen molar-refractivity contribution in [2.24, 2.45) is 0 Å². The second-order valence-electron chi connectivity index (χ2n) is 7.68. The number of methoxy groups -OCH3 is 1. The molecule has 1 aliphatic heterocycles. The minimum atomic E-state index is -0.852. The number of barbiturate groups is 1. The van der Waals surface area contributed by atoms with Gasteiger partial charge in [0.25, 0.3) is 11.8 Å². The number of amides is 4. The molecular formula is C26H20Cl2N2O5. The molecule has 1 N–H and O–H groups in total. The number of benzene rings is 3. The second-order valence-corrected chi connectivity index (χ2v) is 8.53. The Labute approximate surface area is 211 Å². The smallest absolute Gasteiger partial charge is 0.335 e. The number of nitrogens with zero attached hydrogens (tertiary/aromatic N) is 1. The summed E-state index contributed by atoms with van der Waals surface area (Å²) in [6, 6.07) is 16.2. The zero-order valence-corrected chi connectivity index (χ0v) is 20.3. The van der Waals surface area contributed by atoms with Gasteiger partial charge in [-0.2, -0.15) is 0 Å². The Morgan fingerprint density at radius 3 is 2.40 bits per heavy atom. The van der Waals surface area contributed by atoms with Gasteiger partial charge in [-0.05, 0) is 66.1 Å². The van der Waals surface area contributed by atoms with Crippen LogP contribution in [0, 0.1) is 6.92 Å². The number of carbonyl (C=O) groups is 3. The predicted molar refractivity (Wildman–Crippen MR) is 134 cm³/mol. The Bertz CT molecular complexity index is 1350. The highest BCUT2D eigenvalue weighted by molar-refractivity contribution is 6.39. The van der Waals surface area contributed by atoms with E-state index in [9.17, 15) is 14.4 Å². The maximum atomic E-state index is 13.1. The quantitative estimate of drug-likeness (QED) is 0.346. The van der Waals surface area contributed by atoms with Crippen molar-refractivity contribution >= 4 is 52.8 Å².